The summed E-state index contributed by atoms with van der Waals surface area (Å²) in [5.74, 6) is 0.723. The molecule has 0 bridgehead atoms. The summed E-state index contributed by atoms with van der Waals surface area (Å²) >= 11 is 0. The molecule has 0 radical (unpaired) electrons. The number of carbonyl (C=O) groups is 2. The maximum absolute atomic E-state index is 11.8. The topological polar surface area (TPSA) is 43.4 Å². The van der Waals surface area contributed by atoms with Gasteiger partial charge in [0, 0.05) is 18.4 Å². The molecule has 3 nitrogen and oxygen atoms in total. The highest BCUT2D eigenvalue weighted by molar-refractivity contribution is 5.95. The van der Waals surface area contributed by atoms with Crippen LogP contribution in [0.4, 0.5) is 0 Å². The molecule has 0 N–H and O–H groups in total. The molecule has 0 aliphatic rings. The highest BCUT2D eigenvalue weighted by Gasteiger charge is 2.06. The average Bonchev–Trinajstić information content (AvgIpc) is 2.53. The maximum atomic E-state index is 11.8. The number of hydrogen-bond donors (Lipinski definition) is 0. The lowest BCUT2D eigenvalue weighted by Gasteiger charge is -2.06. The largest absolute Gasteiger partial charge is 0.486 e. The van der Waals surface area contributed by atoms with Crippen molar-refractivity contribution in [3.8, 4) is 5.75 Å². The SMILES string of the molecule is CCC(=O)c1ccc(OCC(=O)Cc2ccccc2)cc1. The van der Waals surface area contributed by atoms with Crippen molar-refractivity contribution in [3.63, 3.8) is 0 Å². The van der Waals surface area contributed by atoms with Gasteiger partial charge in [-0.1, -0.05) is 37.3 Å². The van der Waals surface area contributed by atoms with Crippen LogP contribution in [0.25, 0.3) is 0 Å². The fourth-order valence-corrected chi connectivity index (χ4v) is 1.98. The molecule has 3 heteroatoms. The summed E-state index contributed by atoms with van der Waals surface area (Å²) in [5.41, 5.74) is 1.65. The second-order valence-corrected chi connectivity index (χ2v) is 4.79. The molecule has 0 aromatic heterocycles. The van der Waals surface area contributed by atoms with Crippen molar-refractivity contribution in [1.29, 1.82) is 0 Å². The smallest absolute Gasteiger partial charge is 0.174 e. The van der Waals surface area contributed by atoms with Gasteiger partial charge in [0.1, 0.15) is 12.4 Å². The van der Waals surface area contributed by atoms with Gasteiger partial charge < -0.3 is 4.74 Å². The van der Waals surface area contributed by atoms with Crippen molar-refractivity contribution in [3.05, 3.63) is 65.7 Å². The molecule has 0 fully saturated rings. The van der Waals surface area contributed by atoms with Crippen LogP contribution in [-0.4, -0.2) is 18.2 Å². The van der Waals surface area contributed by atoms with Crippen LogP contribution >= 0.6 is 0 Å². The van der Waals surface area contributed by atoms with Crippen LogP contribution in [-0.2, 0) is 11.2 Å². The molecule has 0 unspecified atom stereocenters. The van der Waals surface area contributed by atoms with E-state index in [9.17, 15) is 9.59 Å². The van der Waals surface area contributed by atoms with Gasteiger partial charge in [-0.2, -0.15) is 0 Å². The number of ketones is 2. The van der Waals surface area contributed by atoms with Gasteiger partial charge in [-0.05, 0) is 29.8 Å². The highest BCUT2D eigenvalue weighted by atomic mass is 16.5. The molecule has 0 heterocycles. The molecule has 2 rings (SSSR count). The second-order valence-electron chi connectivity index (χ2n) is 4.79. The Hall–Kier alpha value is -2.42. The van der Waals surface area contributed by atoms with E-state index < -0.39 is 0 Å². The van der Waals surface area contributed by atoms with Crippen LogP contribution in [0.3, 0.4) is 0 Å². The predicted octanol–water partition coefficient (Wildman–Crippen LogP) is 3.47. The van der Waals surface area contributed by atoms with Crippen LogP contribution in [0.15, 0.2) is 54.6 Å². The van der Waals surface area contributed by atoms with Gasteiger partial charge in [0.05, 0.1) is 0 Å². The zero-order chi connectivity index (χ0) is 15.1. The van der Waals surface area contributed by atoms with Gasteiger partial charge in [0.15, 0.2) is 11.6 Å². The molecule has 0 aliphatic heterocycles. The van der Waals surface area contributed by atoms with Gasteiger partial charge in [0.25, 0.3) is 0 Å². The van der Waals surface area contributed by atoms with Crippen molar-refractivity contribution in [2.45, 2.75) is 19.8 Å². The molecular weight excluding hydrogens is 264 g/mol. The van der Waals surface area contributed by atoms with Crippen molar-refractivity contribution in [2.24, 2.45) is 0 Å². The molecule has 2 aromatic rings. The minimum atomic E-state index is 0.0231. The van der Waals surface area contributed by atoms with Crippen LogP contribution < -0.4 is 4.74 Å². The predicted molar refractivity (Wildman–Crippen MR) is 81.7 cm³/mol. The van der Waals surface area contributed by atoms with E-state index in [1.807, 2.05) is 37.3 Å². The summed E-state index contributed by atoms with van der Waals surface area (Å²) in [6.45, 7) is 1.87. The molecular formula is C18H18O3. The summed E-state index contributed by atoms with van der Waals surface area (Å²) in [6.07, 6.45) is 0.850. The first-order valence-electron chi connectivity index (χ1n) is 7.00. The number of carbonyl (C=O) groups excluding carboxylic acids is 2. The van der Waals surface area contributed by atoms with Crippen molar-refractivity contribution in [2.75, 3.05) is 6.61 Å². The van der Waals surface area contributed by atoms with Crippen molar-refractivity contribution >= 4 is 11.6 Å². The number of Topliss-reactive ketones (excluding diaryl/α,β-unsaturated/α-hetero) is 2. The van der Waals surface area contributed by atoms with E-state index in [4.69, 9.17) is 4.74 Å². The van der Waals surface area contributed by atoms with E-state index in [-0.39, 0.29) is 18.2 Å². The lowest BCUT2D eigenvalue weighted by molar-refractivity contribution is -0.120. The lowest BCUT2D eigenvalue weighted by Crippen LogP contribution is -2.13. The minimum absolute atomic E-state index is 0.0231. The van der Waals surface area contributed by atoms with Gasteiger partial charge >= 0.3 is 0 Å². The number of rotatable bonds is 7. The van der Waals surface area contributed by atoms with Gasteiger partial charge in [-0.3, -0.25) is 9.59 Å². The lowest BCUT2D eigenvalue weighted by atomic mass is 10.1. The van der Waals surface area contributed by atoms with Crippen molar-refractivity contribution in [1.82, 2.24) is 0 Å². The minimum Gasteiger partial charge on any atom is -0.486 e. The summed E-state index contributed by atoms with van der Waals surface area (Å²) in [7, 11) is 0. The third-order valence-electron chi connectivity index (χ3n) is 3.14. The van der Waals surface area contributed by atoms with Crippen LogP contribution in [0.5, 0.6) is 5.75 Å². The van der Waals surface area contributed by atoms with E-state index >= 15 is 0 Å². The van der Waals surface area contributed by atoms with E-state index in [2.05, 4.69) is 0 Å². The molecule has 21 heavy (non-hydrogen) atoms. The fourth-order valence-electron chi connectivity index (χ4n) is 1.98. The molecule has 0 aliphatic carbocycles. The Kier molecular flexibility index (Phi) is 5.27. The van der Waals surface area contributed by atoms with Gasteiger partial charge in [-0.15, -0.1) is 0 Å². The average molecular weight is 282 g/mol. The quantitative estimate of drug-likeness (QED) is 0.730. The zero-order valence-electron chi connectivity index (χ0n) is 12.0. The Morgan fingerprint density at radius 3 is 2.24 bits per heavy atom. The molecule has 0 amide bonds. The van der Waals surface area contributed by atoms with E-state index in [0.29, 0.717) is 24.2 Å². The number of ether oxygens (including phenoxy) is 1. The number of benzene rings is 2. The number of hydrogen-bond acceptors (Lipinski definition) is 3. The summed E-state index contributed by atoms with van der Waals surface area (Å²) in [5, 5.41) is 0. The maximum Gasteiger partial charge on any atom is 0.174 e. The van der Waals surface area contributed by atoms with Crippen LogP contribution in [0.2, 0.25) is 0 Å². The Labute approximate surface area is 124 Å². The Bertz CT molecular complexity index is 600. The summed E-state index contributed by atoms with van der Waals surface area (Å²) in [4.78, 5) is 23.3. The van der Waals surface area contributed by atoms with Gasteiger partial charge in [0.2, 0.25) is 0 Å². The van der Waals surface area contributed by atoms with Crippen LogP contribution in [0.1, 0.15) is 29.3 Å². The van der Waals surface area contributed by atoms with Gasteiger partial charge in [-0.25, -0.2) is 0 Å². The molecule has 0 saturated carbocycles. The van der Waals surface area contributed by atoms with Crippen LogP contribution in [0, 0.1) is 0 Å². The first-order chi connectivity index (χ1) is 10.2. The van der Waals surface area contributed by atoms with E-state index in [0.717, 1.165) is 5.56 Å². The highest BCUT2D eigenvalue weighted by Crippen LogP contribution is 2.13. The third-order valence-corrected chi connectivity index (χ3v) is 3.14. The monoisotopic (exact) mass is 282 g/mol. The summed E-state index contributed by atoms with van der Waals surface area (Å²) < 4.78 is 5.45. The second kappa shape index (κ2) is 7.39. The normalized spacial score (nSPS) is 10.1. The standard InChI is InChI=1S/C18H18O3/c1-2-18(20)15-8-10-17(11-9-15)21-13-16(19)12-14-6-4-3-5-7-14/h3-11H,2,12-13H2,1H3. The Balaban J connectivity index is 1.85. The zero-order valence-corrected chi connectivity index (χ0v) is 12.0. The first-order valence-corrected chi connectivity index (χ1v) is 7.00. The molecule has 0 atom stereocenters. The Morgan fingerprint density at radius 2 is 1.62 bits per heavy atom. The summed E-state index contributed by atoms with van der Waals surface area (Å²) in [6, 6.07) is 16.5. The molecule has 2 aromatic carbocycles. The van der Waals surface area contributed by atoms with E-state index in [1.54, 1.807) is 24.3 Å². The molecule has 108 valence electrons. The van der Waals surface area contributed by atoms with Crippen molar-refractivity contribution < 1.29 is 14.3 Å². The first kappa shape index (κ1) is 15.0. The Morgan fingerprint density at radius 1 is 0.952 bits per heavy atom. The van der Waals surface area contributed by atoms with E-state index in [1.165, 1.54) is 0 Å². The fraction of sp³-hybridized carbons (Fsp3) is 0.222. The molecule has 0 spiro atoms. The molecule has 0 saturated heterocycles. The third kappa shape index (κ3) is 4.56.